The number of aliphatic hydroxyl groups excluding tert-OH is 1. The van der Waals surface area contributed by atoms with E-state index >= 15 is 4.39 Å². The fourth-order valence-corrected chi connectivity index (χ4v) is 4.13. The molecule has 1 amide bonds. The number of fused-ring (bicyclic) bond motifs is 1. The van der Waals surface area contributed by atoms with Crippen LogP contribution in [0.2, 0.25) is 5.02 Å². The highest BCUT2D eigenvalue weighted by molar-refractivity contribution is 6.33. The van der Waals surface area contributed by atoms with Crippen molar-refractivity contribution < 1.29 is 18.7 Å². The van der Waals surface area contributed by atoms with Crippen LogP contribution in [0.4, 0.5) is 14.6 Å². The molecule has 6 nitrogen and oxygen atoms in total. The summed E-state index contributed by atoms with van der Waals surface area (Å²) in [6.07, 6.45) is 4.15. The molecule has 1 fully saturated rings. The number of aromatic nitrogens is 2. The summed E-state index contributed by atoms with van der Waals surface area (Å²) in [5, 5.41) is 10.6. The van der Waals surface area contributed by atoms with Gasteiger partial charge in [0.15, 0.2) is 5.82 Å². The maximum absolute atomic E-state index is 15.4. The van der Waals surface area contributed by atoms with Crippen LogP contribution in [-0.4, -0.2) is 58.2 Å². The number of halogens is 3. The second-order valence-corrected chi connectivity index (χ2v) is 7.48. The lowest BCUT2D eigenvalue weighted by atomic mass is 9.92. The van der Waals surface area contributed by atoms with Gasteiger partial charge in [0.1, 0.15) is 23.5 Å². The number of amides is 1. The molecule has 2 heterocycles. The number of anilines is 1. The third-order valence-electron chi connectivity index (χ3n) is 5.35. The Labute approximate surface area is 176 Å². The summed E-state index contributed by atoms with van der Waals surface area (Å²) in [6, 6.07) is 1.50. The molecule has 1 aromatic carbocycles. The van der Waals surface area contributed by atoms with Gasteiger partial charge in [0.2, 0.25) is 5.91 Å². The van der Waals surface area contributed by atoms with Crippen molar-refractivity contribution in [1.29, 1.82) is 0 Å². The first kappa shape index (κ1) is 20.4. The molecule has 0 radical (unpaired) electrons. The Kier molecular flexibility index (Phi) is 5.53. The highest BCUT2D eigenvalue weighted by Gasteiger charge is 2.28. The molecule has 1 aromatic heterocycles. The molecule has 1 aliphatic carbocycles. The largest absolute Gasteiger partial charge is 0.388 e. The molecule has 2 aliphatic rings. The van der Waals surface area contributed by atoms with Crippen LogP contribution in [0.25, 0.3) is 16.5 Å². The third kappa shape index (κ3) is 3.46. The normalized spacial score (nSPS) is 19.5. The lowest BCUT2D eigenvalue weighted by molar-refractivity contribution is -0.126. The minimum atomic E-state index is -1.20. The Balaban J connectivity index is 1.76. The fraction of sp³-hybridized carbons (Fsp3) is 0.286. The highest BCUT2D eigenvalue weighted by atomic mass is 35.5. The van der Waals surface area contributed by atoms with E-state index in [1.807, 2.05) is 4.90 Å². The van der Waals surface area contributed by atoms with Gasteiger partial charge in [-0.25, -0.2) is 18.7 Å². The lowest BCUT2D eigenvalue weighted by Crippen LogP contribution is -2.48. The van der Waals surface area contributed by atoms with Crippen LogP contribution < -0.4 is 4.90 Å². The fourth-order valence-electron chi connectivity index (χ4n) is 3.84. The minimum Gasteiger partial charge on any atom is -0.388 e. The maximum Gasteiger partial charge on any atom is 0.246 e. The Hall–Kier alpha value is -2.84. The van der Waals surface area contributed by atoms with Crippen molar-refractivity contribution in [2.75, 3.05) is 31.1 Å². The second-order valence-electron chi connectivity index (χ2n) is 7.07. The first-order chi connectivity index (χ1) is 14.4. The van der Waals surface area contributed by atoms with Gasteiger partial charge in [-0.1, -0.05) is 24.3 Å². The predicted octanol–water partition coefficient (Wildman–Crippen LogP) is 3.26. The zero-order valence-corrected chi connectivity index (χ0v) is 16.7. The van der Waals surface area contributed by atoms with Crippen LogP contribution in [0.5, 0.6) is 0 Å². The van der Waals surface area contributed by atoms with Gasteiger partial charge in [-0.05, 0) is 24.6 Å². The number of hydrogen-bond donors (Lipinski definition) is 1. The molecule has 1 N–H and O–H groups in total. The summed E-state index contributed by atoms with van der Waals surface area (Å²) < 4.78 is 29.8. The van der Waals surface area contributed by atoms with Crippen molar-refractivity contribution in [2.24, 2.45) is 0 Å². The van der Waals surface area contributed by atoms with Crippen LogP contribution >= 0.6 is 11.6 Å². The molecular weight excluding hydrogens is 414 g/mol. The molecule has 1 atom stereocenters. The van der Waals surface area contributed by atoms with E-state index in [2.05, 4.69) is 16.5 Å². The summed E-state index contributed by atoms with van der Waals surface area (Å²) >= 11 is 6.35. The zero-order valence-electron chi connectivity index (χ0n) is 16.0. The number of aliphatic hydroxyl groups is 1. The molecule has 9 heteroatoms. The van der Waals surface area contributed by atoms with Crippen molar-refractivity contribution in [2.45, 2.75) is 12.5 Å². The van der Waals surface area contributed by atoms with Gasteiger partial charge in [-0.3, -0.25) is 4.79 Å². The van der Waals surface area contributed by atoms with E-state index in [9.17, 15) is 14.3 Å². The van der Waals surface area contributed by atoms with Gasteiger partial charge in [0.25, 0.3) is 0 Å². The van der Waals surface area contributed by atoms with E-state index in [1.165, 1.54) is 30.6 Å². The van der Waals surface area contributed by atoms with Gasteiger partial charge in [-0.2, -0.15) is 0 Å². The van der Waals surface area contributed by atoms with Gasteiger partial charge in [0.05, 0.1) is 11.1 Å². The number of carbonyl (C=O) groups is 1. The molecule has 1 unspecified atom stereocenters. The summed E-state index contributed by atoms with van der Waals surface area (Å²) in [5.74, 6) is -1.19. The summed E-state index contributed by atoms with van der Waals surface area (Å²) in [6.45, 7) is 5.44. The molecule has 1 saturated heterocycles. The average Bonchev–Trinajstić information content (AvgIpc) is 2.75. The van der Waals surface area contributed by atoms with Crippen LogP contribution in [0.15, 0.2) is 43.0 Å². The number of piperazine rings is 1. The van der Waals surface area contributed by atoms with Crippen molar-refractivity contribution in [3.63, 3.8) is 0 Å². The van der Waals surface area contributed by atoms with Crippen molar-refractivity contribution in [1.82, 2.24) is 14.9 Å². The number of nitrogens with zero attached hydrogens (tertiary/aromatic N) is 4. The van der Waals surface area contributed by atoms with Crippen LogP contribution in [0, 0.1) is 5.82 Å². The Morgan fingerprint density at radius 2 is 2.00 bits per heavy atom. The zero-order chi connectivity index (χ0) is 21.4. The van der Waals surface area contributed by atoms with Crippen LogP contribution in [0.3, 0.4) is 0 Å². The number of benzene rings is 1. The SMILES string of the molecule is C=CC(=O)N1CCN(c2ncnc3c(F)c(C4=C(F)C=CCC4O)c(Cl)cc23)CC1. The smallest absolute Gasteiger partial charge is 0.246 e. The first-order valence-electron chi connectivity index (χ1n) is 9.46. The van der Waals surface area contributed by atoms with E-state index < -0.39 is 17.7 Å². The van der Waals surface area contributed by atoms with Gasteiger partial charge < -0.3 is 14.9 Å². The molecule has 2 aromatic rings. The number of carbonyl (C=O) groups excluding carboxylic acids is 1. The number of rotatable bonds is 3. The maximum atomic E-state index is 15.4. The van der Waals surface area contributed by atoms with E-state index in [4.69, 9.17) is 11.6 Å². The average molecular weight is 433 g/mol. The van der Waals surface area contributed by atoms with Crippen LogP contribution in [0.1, 0.15) is 12.0 Å². The van der Waals surface area contributed by atoms with Crippen molar-refractivity contribution >= 4 is 39.8 Å². The molecule has 1 aliphatic heterocycles. The predicted molar refractivity (Wildman–Crippen MR) is 111 cm³/mol. The van der Waals surface area contributed by atoms with E-state index in [0.717, 1.165) is 0 Å². The molecule has 4 rings (SSSR count). The quantitative estimate of drug-likeness (QED) is 0.754. The molecule has 30 heavy (non-hydrogen) atoms. The Morgan fingerprint density at radius 3 is 2.67 bits per heavy atom. The molecule has 0 saturated carbocycles. The van der Waals surface area contributed by atoms with Gasteiger partial charge in [-0.15, -0.1) is 0 Å². The number of allylic oxidation sites excluding steroid dienone is 2. The van der Waals surface area contributed by atoms with Crippen molar-refractivity contribution in [3.05, 3.63) is 59.4 Å². The Morgan fingerprint density at radius 1 is 1.27 bits per heavy atom. The monoisotopic (exact) mass is 432 g/mol. The summed E-state index contributed by atoms with van der Waals surface area (Å²) in [5.41, 5.74) is -0.380. The third-order valence-corrected chi connectivity index (χ3v) is 5.65. The van der Waals surface area contributed by atoms with Gasteiger partial charge >= 0.3 is 0 Å². The molecular formula is C21H19ClF2N4O2. The topological polar surface area (TPSA) is 69.6 Å². The standard InChI is InChI=1S/C21H19ClF2N4O2/c1-2-16(30)27-6-8-28(9-7-27)21-12-10-13(22)17(19(24)20(12)25-11-26-21)18-14(23)4-3-5-15(18)29/h2-4,10-11,15,29H,1,5-9H2. The Bertz CT molecular complexity index is 1090. The van der Waals surface area contributed by atoms with Gasteiger partial charge in [0, 0.05) is 42.7 Å². The second kappa shape index (κ2) is 8.12. The molecule has 0 spiro atoms. The molecule has 0 bridgehead atoms. The molecule has 156 valence electrons. The van der Waals surface area contributed by atoms with E-state index in [0.29, 0.717) is 37.4 Å². The van der Waals surface area contributed by atoms with E-state index in [1.54, 1.807) is 4.90 Å². The lowest BCUT2D eigenvalue weighted by Gasteiger charge is -2.35. The minimum absolute atomic E-state index is 0.00829. The number of hydrogen-bond acceptors (Lipinski definition) is 5. The highest BCUT2D eigenvalue weighted by Crippen LogP contribution is 2.39. The van der Waals surface area contributed by atoms with Crippen molar-refractivity contribution in [3.8, 4) is 0 Å². The summed E-state index contributed by atoms with van der Waals surface area (Å²) in [7, 11) is 0. The van der Waals surface area contributed by atoms with Crippen LogP contribution in [-0.2, 0) is 4.79 Å². The summed E-state index contributed by atoms with van der Waals surface area (Å²) in [4.78, 5) is 23.7. The van der Waals surface area contributed by atoms with E-state index in [-0.39, 0.29) is 34.0 Å². The first-order valence-corrected chi connectivity index (χ1v) is 9.83.